The summed E-state index contributed by atoms with van der Waals surface area (Å²) in [6.45, 7) is 2.35. The van der Waals surface area contributed by atoms with Crippen LogP contribution < -0.4 is 5.32 Å². The van der Waals surface area contributed by atoms with Crippen LogP contribution in [0.5, 0.6) is 0 Å². The number of carbonyl (C=O) groups excluding carboxylic acids is 2. The molecule has 0 aromatic rings. The summed E-state index contributed by atoms with van der Waals surface area (Å²) in [5, 5.41) is 3.14. The Balaban J connectivity index is 0.00000220. The minimum absolute atomic E-state index is 0. The lowest BCUT2D eigenvalue weighted by molar-refractivity contribution is -0.157. The Labute approximate surface area is 127 Å². The number of rotatable bonds is 2. The number of halogens is 4. The topological polar surface area (TPSA) is 52.7 Å². The first-order chi connectivity index (χ1) is 9.28. The molecule has 2 aliphatic heterocycles. The van der Waals surface area contributed by atoms with E-state index >= 15 is 0 Å². The monoisotopic (exact) mass is 329 g/mol. The number of piperazine rings is 1. The number of carbonyl (C=O) groups is 2. The molecule has 2 amide bonds. The maximum absolute atomic E-state index is 12.3. The molecule has 21 heavy (non-hydrogen) atoms. The number of nitrogens with one attached hydrogen (secondary N) is 1. The number of amides is 2. The predicted molar refractivity (Wildman–Crippen MR) is 72.0 cm³/mol. The van der Waals surface area contributed by atoms with Crippen molar-refractivity contribution in [1.82, 2.24) is 15.1 Å². The van der Waals surface area contributed by atoms with Gasteiger partial charge in [-0.3, -0.25) is 9.59 Å². The molecular formula is C12H19ClF3N3O2. The lowest BCUT2D eigenvalue weighted by Gasteiger charge is -2.35. The average Bonchev–Trinajstić information content (AvgIpc) is 2.68. The van der Waals surface area contributed by atoms with Crippen LogP contribution in [0.15, 0.2) is 0 Å². The summed E-state index contributed by atoms with van der Waals surface area (Å²) in [4.78, 5) is 26.3. The van der Waals surface area contributed by atoms with Gasteiger partial charge >= 0.3 is 6.18 Å². The fourth-order valence-corrected chi connectivity index (χ4v) is 2.71. The zero-order chi connectivity index (χ0) is 14.9. The second-order valence-electron chi connectivity index (χ2n) is 5.38. The molecule has 1 unspecified atom stereocenters. The van der Waals surface area contributed by atoms with Crippen LogP contribution >= 0.6 is 12.4 Å². The van der Waals surface area contributed by atoms with E-state index in [0.717, 1.165) is 4.90 Å². The van der Waals surface area contributed by atoms with Gasteiger partial charge in [0.2, 0.25) is 11.8 Å². The lowest BCUT2D eigenvalue weighted by Crippen LogP contribution is -2.54. The van der Waals surface area contributed by atoms with Gasteiger partial charge in [0.05, 0.1) is 5.92 Å². The van der Waals surface area contributed by atoms with Gasteiger partial charge in [-0.2, -0.15) is 13.2 Å². The van der Waals surface area contributed by atoms with Crippen LogP contribution in [0, 0.1) is 5.92 Å². The molecule has 5 nitrogen and oxygen atoms in total. The first kappa shape index (κ1) is 18.0. The molecule has 2 fully saturated rings. The highest BCUT2D eigenvalue weighted by atomic mass is 35.5. The number of likely N-dealkylation sites (tertiary alicyclic amines) is 1. The Bertz CT molecular complexity index is 406. The summed E-state index contributed by atoms with van der Waals surface area (Å²) in [5.74, 6) is -1.45. The molecule has 2 aliphatic rings. The van der Waals surface area contributed by atoms with E-state index in [1.54, 1.807) is 4.90 Å². The molecule has 0 bridgehead atoms. The average molecular weight is 330 g/mol. The summed E-state index contributed by atoms with van der Waals surface area (Å²) in [6.07, 6.45) is -4.54. The number of alkyl halides is 3. The zero-order valence-electron chi connectivity index (χ0n) is 11.7. The molecule has 2 heterocycles. The Kier molecular flexibility index (Phi) is 5.86. The number of hydrogen-bond donors (Lipinski definition) is 1. The highest BCUT2D eigenvalue weighted by Crippen LogP contribution is 2.25. The quantitative estimate of drug-likeness (QED) is 0.809. The molecule has 122 valence electrons. The molecule has 0 aromatic heterocycles. The van der Waals surface area contributed by atoms with Crippen molar-refractivity contribution in [2.45, 2.75) is 25.6 Å². The van der Waals surface area contributed by atoms with Gasteiger partial charge < -0.3 is 15.1 Å². The highest BCUT2D eigenvalue weighted by molar-refractivity contribution is 5.89. The second-order valence-corrected chi connectivity index (χ2v) is 5.38. The standard InChI is InChI=1S/C12H18F3N3O2.ClH/c1-8-5-16-2-3-18(8)11(20)9-4-10(19)17(6-9)7-12(13,14)15;/h8-9,16H,2-7H2,1H3;1H/t8-,9?;/m1./s1. The van der Waals surface area contributed by atoms with Crippen molar-refractivity contribution in [3.05, 3.63) is 0 Å². The van der Waals surface area contributed by atoms with Gasteiger partial charge in [-0.25, -0.2) is 0 Å². The third-order valence-corrected chi connectivity index (χ3v) is 3.72. The molecule has 0 spiro atoms. The van der Waals surface area contributed by atoms with E-state index in [9.17, 15) is 22.8 Å². The van der Waals surface area contributed by atoms with Crippen molar-refractivity contribution >= 4 is 24.2 Å². The fraction of sp³-hybridized carbons (Fsp3) is 0.833. The van der Waals surface area contributed by atoms with Crippen molar-refractivity contribution in [3.8, 4) is 0 Å². The van der Waals surface area contributed by atoms with E-state index < -0.39 is 24.5 Å². The normalized spacial score (nSPS) is 26.8. The lowest BCUT2D eigenvalue weighted by atomic mass is 10.1. The molecule has 0 saturated carbocycles. The summed E-state index contributed by atoms with van der Waals surface area (Å²) in [6, 6.07) is 0.00279. The Morgan fingerprint density at radius 2 is 2.10 bits per heavy atom. The number of hydrogen-bond acceptors (Lipinski definition) is 3. The molecule has 2 atom stereocenters. The van der Waals surface area contributed by atoms with Crippen molar-refractivity contribution in [2.75, 3.05) is 32.7 Å². The van der Waals surface area contributed by atoms with Crippen LogP contribution in [0.4, 0.5) is 13.2 Å². The maximum Gasteiger partial charge on any atom is 0.406 e. The Morgan fingerprint density at radius 3 is 2.67 bits per heavy atom. The van der Waals surface area contributed by atoms with Gasteiger partial charge in [0.15, 0.2) is 0 Å². The highest BCUT2D eigenvalue weighted by Gasteiger charge is 2.42. The van der Waals surface area contributed by atoms with Crippen LogP contribution in [0.1, 0.15) is 13.3 Å². The van der Waals surface area contributed by atoms with Gasteiger partial charge in [0, 0.05) is 38.6 Å². The molecule has 9 heteroatoms. The summed E-state index contributed by atoms with van der Waals surface area (Å²) >= 11 is 0. The van der Waals surface area contributed by atoms with E-state index in [2.05, 4.69) is 5.32 Å². The smallest absolute Gasteiger partial charge is 0.337 e. The van der Waals surface area contributed by atoms with E-state index in [0.29, 0.717) is 19.6 Å². The van der Waals surface area contributed by atoms with Gasteiger partial charge in [0.25, 0.3) is 0 Å². The minimum Gasteiger partial charge on any atom is -0.337 e. The van der Waals surface area contributed by atoms with E-state index in [-0.39, 0.29) is 37.3 Å². The Hall–Kier alpha value is -1.02. The predicted octanol–water partition coefficient (Wildman–Crippen LogP) is 0.639. The van der Waals surface area contributed by atoms with Gasteiger partial charge in [-0.1, -0.05) is 0 Å². The fourth-order valence-electron chi connectivity index (χ4n) is 2.71. The van der Waals surface area contributed by atoms with Gasteiger partial charge in [-0.15, -0.1) is 12.4 Å². The maximum atomic E-state index is 12.3. The third kappa shape index (κ3) is 4.47. The van der Waals surface area contributed by atoms with Crippen LogP contribution in [-0.2, 0) is 9.59 Å². The SMILES string of the molecule is C[C@@H]1CNCCN1C(=O)C1CC(=O)N(CC(F)(F)F)C1.Cl. The van der Waals surface area contributed by atoms with Crippen molar-refractivity contribution in [1.29, 1.82) is 0 Å². The van der Waals surface area contributed by atoms with Crippen molar-refractivity contribution in [3.63, 3.8) is 0 Å². The molecule has 2 saturated heterocycles. The minimum atomic E-state index is -4.42. The zero-order valence-corrected chi connectivity index (χ0v) is 12.5. The molecule has 2 rings (SSSR count). The van der Waals surface area contributed by atoms with Crippen LogP contribution in [0.2, 0.25) is 0 Å². The first-order valence-corrected chi connectivity index (χ1v) is 6.63. The largest absolute Gasteiger partial charge is 0.406 e. The first-order valence-electron chi connectivity index (χ1n) is 6.63. The summed E-state index contributed by atoms with van der Waals surface area (Å²) in [7, 11) is 0. The Morgan fingerprint density at radius 1 is 1.43 bits per heavy atom. The van der Waals surface area contributed by atoms with Crippen molar-refractivity contribution in [2.24, 2.45) is 5.92 Å². The van der Waals surface area contributed by atoms with Crippen LogP contribution in [0.25, 0.3) is 0 Å². The van der Waals surface area contributed by atoms with E-state index in [4.69, 9.17) is 0 Å². The van der Waals surface area contributed by atoms with E-state index in [1.165, 1.54) is 0 Å². The number of nitrogens with zero attached hydrogens (tertiary/aromatic N) is 2. The van der Waals surface area contributed by atoms with Crippen LogP contribution in [-0.4, -0.2) is 66.6 Å². The second kappa shape index (κ2) is 6.83. The molecule has 0 radical (unpaired) electrons. The third-order valence-electron chi connectivity index (χ3n) is 3.72. The molecule has 0 aliphatic carbocycles. The molecule has 1 N–H and O–H groups in total. The van der Waals surface area contributed by atoms with Gasteiger partial charge in [0.1, 0.15) is 6.54 Å². The summed E-state index contributed by atoms with van der Waals surface area (Å²) < 4.78 is 37.0. The summed E-state index contributed by atoms with van der Waals surface area (Å²) in [5.41, 5.74) is 0. The molecular weight excluding hydrogens is 311 g/mol. The van der Waals surface area contributed by atoms with Crippen molar-refractivity contribution < 1.29 is 22.8 Å². The van der Waals surface area contributed by atoms with Gasteiger partial charge in [-0.05, 0) is 6.92 Å². The van der Waals surface area contributed by atoms with Crippen LogP contribution in [0.3, 0.4) is 0 Å². The molecule has 0 aromatic carbocycles. The van der Waals surface area contributed by atoms with E-state index in [1.807, 2.05) is 6.92 Å².